The first-order chi connectivity index (χ1) is 8.11. The summed E-state index contributed by atoms with van der Waals surface area (Å²) in [5, 5.41) is 9.37. The molecule has 3 nitrogen and oxygen atoms in total. The Hall–Kier alpha value is -1.06. The Morgan fingerprint density at radius 1 is 1.29 bits per heavy atom. The number of piperazine rings is 1. The summed E-state index contributed by atoms with van der Waals surface area (Å²) >= 11 is 0. The summed E-state index contributed by atoms with van der Waals surface area (Å²) in [4.78, 5) is 4.62. The lowest BCUT2D eigenvalue weighted by Gasteiger charge is -2.40. The molecule has 0 amide bonds. The Morgan fingerprint density at radius 3 is 2.71 bits per heavy atom. The van der Waals surface area contributed by atoms with Gasteiger partial charge in [0, 0.05) is 25.3 Å². The first-order valence-electron chi connectivity index (χ1n) is 6.25. The van der Waals surface area contributed by atoms with Crippen molar-refractivity contribution in [2.24, 2.45) is 0 Å². The minimum Gasteiger partial charge on any atom is -0.395 e. The number of likely N-dealkylation sites (N-methyl/N-ethyl adjacent to an activating group) is 1. The molecule has 0 radical (unpaired) electrons. The summed E-state index contributed by atoms with van der Waals surface area (Å²) in [6.07, 6.45) is 0. The normalized spacial score (nSPS) is 21.9. The number of aryl methyl sites for hydroxylation is 2. The molecule has 1 saturated heterocycles. The Bertz CT molecular complexity index is 392. The summed E-state index contributed by atoms with van der Waals surface area (Å²) in [7, 11) is 2.08. The molecule has 2 rings (SSSR count). The van der Waals surface area contributed by atoms with Crippen LogP contribution in [0.3, 0.4) is 0 Å². The highest BCUT2D eigenvalue weighted by Gasteiger charge is 2.24. The number of nitrogens with zero attached hydrogens (tertiary/aromatic N) is 2. The average molecular weight is 234 g/mol. The third-order valence-corrected chi connectivity index (χ3v) is 3.68. The predicted molar refractivity (Wildman–Crippen MR) is 71.6 cm³/mol. The van der Waals surface area contributed by atoms with Crippen LogP contribution in [0.1, 0.15) is 11.1 Å². The molecule has 0 aliphatic carbocycles. The van der Waals surface area contributed by atoms with E-state index in [0.29, 0.717) is 0 Å². The maximum absolute atomic E-state index is 9.37. The van der Waals surface area contributed by atoms with Crippen LogP contribution in [0.15, 0.2) is 18.2 Å². The van der Waals surface area contributed by atoms with Crippen LogP contribution in [0, 0.1) is 13.8 Å². The van der Waals surface area contributed by atoms with E-state index < -0.39 is 0 Å². The van der Waals surface area contributed by atoms with E-state index in [1.54, 1.807) is 0 Å². The first-order valence-corrected chi connectivity index (χ1v) is 6.25. The number of aliphatic hydroxyl groups excluding tert-OH is 1. The van der Waals surface area contributed by atoms with Crippen molar-refractivity contribution < 1.29 is 5.11 Å². The van der Waals surface area contributed by atoms with E-state index in [4.69, 9.17) is 0 Å². The third kappa shape index (κ3) is 2.61. The number of benzene rings is 1. The van der Waals surface area contributed by atoms with Crippen molar-refractivity contribution in [1.82, 2.24) is 4.90 Å². The van der Waals surface area contributed by atoms with Gasteiger partial charge in [-0.15, -0.1) is 0 Å². The molecule has 94 valence electrons. The largest absolute Gasteiger partial charge is 0.395 e. The molecule has 1 unspecified atom stereocenters. The van der Waals surface area contributed by atoms with Gasteiger partial charge < -0.3 is 10.0 Å². The lowest BCUT2D eigenvalue weighted by Crippen LogP contribution is -2.53. The van der Waals surface area contributed by atoms with E-state index in [-0.39, 0.29) is 12.6 Å². The van der Waals surface area contributed by atoms with Crippen molar-refractivity contribution in [2.75, 3.05) is 38.2 Å². The Balaban J connectivity index is 2.17. The molecule has 1 fully saturated rings. The van der Waals surface area contributed by atoms with Gasteiger partial charge in [-0.3, -0.25) is 4.90 Å². The van der Waals surface area contributed by atoms with Crippen molar-refractivity contribution in [2.45, 2.75) is 19.9 Å². The lowest BCUT2D eigenvalue weighted by molar-refractivity contribution is 0.135. The Kier molecular flexibility index (Phi) is 3.69. The minimum absolute atomic E-state index is 0.234. The predicted octanol–water partition coefficient (Wildman–Crippen LogP) is 1.42. The van der Waals surface area contributed by atoms with Gasteiger partial charge in [0.2, 0.25) is 0 Å². The molecule has 17 heavy (non-hydrogen) atoms. The molecule has 0 bridgehead atoms. The maximum atomic E-state index is 9.37. The number of aliphatic hydroxyl groups is 1. The molecule has 1 aliphatic rings. The van der Waals surface area contributed by atoms with Gasteiger partial charge in [0.15, 0.2) is 0 Å². The Morgan fingerprint density at radius 2 is 2.06 bits per heavy atom. The van der Waals surface area contributed by atoms with E-state index in [1.165, 1.54) is 16.8 Å². The Labute approximate surface area is 104 Å². The van der Waals surface area contributed by atoms with Gasteiger partial charge in [-0.05, 0) is 32.5 Å². The van der Waals surface area contributed by atoms with Gasteiger partial charge in [-0.2, -0.15) is 0 Å². The zero-order valence-electron chi connectivity index (χ0n) is 11.0. The fourth-order valence-electron chi connectivity index (χ4n) is 2.52. The van der Waals surface area contributed by atoms with E-state index in [1.807, 2.05) is 0 Å². The van der Waals surface area contributed by atoms with Crippen molar-refractivity contribution in [3.05, 3.63) is 29.3 Å². The van der Waals surface area contributed by atoms with Crippen molar-refractivity contribution >= 4 is 5.69 Å². The highest BCUT2D eigenvalue weighted by molar-refractivity contribution is 5.54. The molecule has 1 aromatic carbocycles. The second-order valence-corrected chi connectivity index (χ2v) is 5.05. The number of rotatable bonds is 2. The highest BCUT2D eigenvalue weighted by atomic mass is 16.3. The van der Waals surface area contributed by atoms with E-state index in [9.17, 15) is 5.11 Å². The smallest absolute Gasteiger partial charge is 0.0604 e. The van der Waals surface area contributed by atoms with Crippen LogP contribution in [-0.2, 0) is 0 Å². The highest BCUT2D eigenvalue weighted by Crippen LogP contribution is 2.23. The van der Waals surface area contributed by atoms with Gasteiger partial charge in [-0.1, -0.05) is 17.7 Å². The topological polar surface area (TPSA) is 26.7 Å². The van der Waals surface area contributed by atoms with Crippen LogP contribution in [0.5, 0.6) is 0 Å². The summed E-state index contributed by atoms with van der Waals surface area (Å²) in [5.74, 6) is 0. The summed E-state index contributed by atoms with van der Waals surface area (Å²) in [5.41, 5.74) is 3.94. The zero-order valence-corrected chi connectivity index (χ0v) is 11.0. The quantitative estimate of drug-likeness (QED) is 0.838. The number of hydrogen-bond acceptors (Lipinski definition) is 3. The molecule has 0 saturated carbocycles. The monoisotopic (exact) mass is 234 g/mol. The third-order valence-electron chi connectivity index (χ3n) is 3.68. The van der Waals surface area contributed by atoms with Gasteiger partial charge in [0.1, 0.15) is 0 Å². The zero-order chi connectivity index (χ0) is 12.4. The van der Waals surface area contributed by atoms with Gasteiger partial charge in [-0.25, -0.2) is 0 Å². The molecule has 1 aliphatic heterocycles. The van der Waals surface area contributed by atoms with Crippen LogP contribution in [-0.4, -0.2) is 49.3 Å². The second kappa shape index (κ2) is 5.07. The molecule has 0 spiro atoms. The van der Waals surface area contributed by atoms with Crippen molar-refractivity contribution in [1.29, 1.82) is 0 Å². The first kappa shape index (κ1) is 12.4. The molecule has 1 heterocycles. The van der Waals surface area contributed by atoms with Crippen LogP contribution >= 0.6 is 0 Å². The van der Waals surface area contributed by atoms with Gasteiger partial charge in [0.25, 0.3) is 0 Å². The molecular weight excluding hydrogens is 212 g/mol. The van der Waals surface area contributed by atoms with E-state index in [0.717, 1.165) is 19.6 Å². The lowest BCUT2D eigenvalue weighted by atomic mass is 10.1. The van der Waals surface area contributed by atoms with E-state index >= 15 is 0 Å². The van der Waals surface area contributed by atoms with Crippen molar-refractivity contribution in [3.8, 4) is 0 Å². The van der Waals surface area contributed by atoms with Gasteiger partial charge >= 0.3 is 0 Å². The van der Waals surface area contributed by atoms with Crippen molar-refractivity contribution in [3.63, 3.8) is 0 Å². The molecule has 1 N–H and O–H groups in total. The minimum atomic E-state index is 0.234. The van der Waals surface area contributed by atoms with Crippen LogP contribution in [0.4, 0.5) is 5.69 Å². The van der Waals surface area contributed by atoms with Gasteiger partial charge in [0.05, 0.1) is 12.6 Å². The summed E-state index contributed by atoms with van der Waals surface area (Å²) in [6, 6.07) is 6.84. The summed E-state index contributed by atoms with van der Waals surface area (Å²) in [6.45, 7) is 7.48. The average Bonchev–Trinajstić information content (AvgIpc) is 2.30. The van der Waals surface area contributed by atoms with E-state index in [2.05, 4.69) is 48.9 Å². The fourth-order valence-corrected chi connectivity index (χ4v) is 2.52. The molecular formula is C14H22N2O. The maximum Gasteiger partial charge on any atom is 0.0604 e. The SMILES string of the molecule is Cc1ccc(N2CCN(C)C(CO)C2)c(C)c1. The molecule has 3 heteroatoms. The number of anilines is 1. The molecule has 0 aromatic heterocycles. The standard InChI is InChI=1S/C14H22N2O/c1-11-4-5-14(12(2)8-11)16-7-6-15(3)13(9-16)10-17/h4-5,8,13,17H,6-7,9-10H2,1-3H3. The van der Waals surface area contributed by atoms with Crippen LogP contribution in [0.2, 0.25) is 0 Å². The fraction of sp³-hybridized carbons (Fsp3) is 0.571. The van der Waals surface area contributed by atoms with Crippen LogP contribution in [0.25, 0.3) is 0 Å². The van der Waals surface area contributed by atoms with Crippen LogP contribution < -0.4 is 4.90 Å². The number of hydrogen-bond donors (Lipinski definition) is 1. The summed E-state index contributed by atoms with van der Waals surface area (Å²) < 4.78 is 0. The molecule has 1 atom stereocenters. The second-order valence-electron chi connectivity index (χ2n) is 5.05. The molecule has 1 aromatic rings.